The van der Waals surface area contributed by atoms with Crippen molar-refractivity contribution in [3.05, 3.63) is 5.15 Å². The molecular weight excluding hydrogens is 364 g/mol. The van der Waals surface area contributed by atoms with Crippen LogP contribution >= 0.6 is 11.6 Å². The van der Waals surface area contributed by atoms with Gasteiger partial charge in [-0.2, -0.15) is 9.97 Å². The van der Waals surface area contributed by atoms with Crippen molar-refractivity contribution in [3.8, 4) is 0 Å². The Morgan fingerprint density at radius 1 is 0.889 bits per heavy atom. The van der Waals surface area contributed by atoms with E-state index in [0.29, 0.717) is 28.2 Å². The van der Waals surface area contributed by atoms with Crippen molar-refractivity contribution in [1.82, 2.24) is 25.3 Å². The Balaban J connectivity index is 1.59. The van der Waals surface area contributed by atoms with Crippen molar-refractivity contribution < 1.29 is 0 Å². The van der Waals surface area contributed by atoms with Gasteiger partial charge in [-0.1, -0.05) is 11.6 Å². The van der Waals surface area contributed by atoms with Crippen LogP contribution in [0.4, 0.5) is 17.6 Å². The van der Waals surface area contributed by atoms with E-state index in [1.165, 1.54) is 19.3 Å². The van der Waals surface area contributed by atoms with Crippen LogP contribution in [0, 0.1) is 0 Å². The van der Waals surface area contributed by atoms with Gasteiger partial charge >= 0.3 is 0 Å². The van der Waals surface area contributed by atoms with Gasteiger partial charge in [-0.05, 0) is 32.1 Å². The lowest BCUT2D eigenvalue weighted by Crippen LogP contribution is -2.44. The highest BCUT2D eigenvalue weighted by Crippen LogP contribution is 2.32. The molecule has 27 heavy (non-hydrogen) atoms. The van der Waals surface area contributed by atoms with Crippen molar-refractivity contribution in [3.63, 3.8) is 0 Å². The molecule has 0 atom stereocenters. The standard InChI is InChI=1S/C18H25ClN8/c19-14-16(21-12-4-3-5-12)23-15-13(22-14)17(26-8-1-2-9-26)25-18(24-15)27-10-6-20-7-11-27/h12,20H,1-11H2,(H,21,23,24,25). The van der Waals surface area contributed by atoms with Crippen LogP contribution < -0.4 is 20.4 Å². The second kappa shape index (κ2) is 7.24. The van der Waals surface area contributed by atoms with Gasteiger partial charge in [-0.15, -0.1) is 0 Å². The van der Waals surface area contributed by atoms with E-state index in [2.05, 4.69) is 25.4 Å². The number of nitrogens with zero attached hydrogens (tertiary/aromatic N) is 6. The Kier molecular flexibility index (Phi) is 4.61. The molecule has 2 aromatic rings. The molecule has 1 aliphatic carbocycles. The zero-order valence-corrected chi connectivity index (χ0v) is 16.2. The van der Waals surface area contributed by atoms with Crippen molar-refractivity contribution >= 4 is 40.3 Å². The zero-order valence-electron chi connectivity index (χ0n) is 15.4. The second-order valence-corrected chi connectivity index (χ2v) is 7.94. The summed E-state index contributed by atoms with van der Waals surface area (Å²) in [6, 6.07) is 0.446. The van der Waals surface area contributed by atoms with Crippen LogP contribution in [-0.4, -0.2) is 65.2 Å². The molecule has 0 bridgehead atoms. The van der Waals surface area contributed by atoms with Crippen molar-refractivity contribution in [2.24, 2.45) is 0 Å². The van der Waals surface area contributed by atoms with Crippen LogP contribution in [0.1, 0.15) is 32.1 Å². The van der Waals surface area contributed by atoms with Crippen LogP contribution in [0.2, 0.25) is 5.15 Å². The van der Waals surface area contributed by atoms with E-state index in [-0.39, 0.29) is 0 Å². The molecule has 3 fully saturated rings. The Bertz CT molecular complexity index is 828. The molecule has 4 heterocycles. The van der Waals surface area contributed by atoms with Gasteiger partial charge in [0, 0.05) is 45.3 Å². The van der Waals surface area contributed by atoms with E-state index < -0.39 is 0 Å². The first-order chi connectivity index (χ1) is 13.3. The summed E-state index contributed by atoms with van der Waals surface area (Å²) in [5, 5.41) is 7.21. The molecule has 9 heteroatoms. The van der Waals surface area contributed by atoms with Gasteiger partial charge < -0.3 is 20.4 Å². The average Bonchev–Trinajstić information content (AvgIpc) is 3.19. The highest BCUT2D eigenvalue weighted by molar-refractivity contribution is 6.32. The summed E-state index contributed by atoms with van der Waals surface area (Å²) < 4.78 is 0. The van der Waals surface area contributed by atoms with Gasteiger partial charge in [-0.3, -0.25) is 0 Å². The minimum absolute atomic E-state index is 0.411. The molecule has 8 nitrogen and oxygen atoms in total. The quantitative estimate of drug-likeness (QED) is 0.823. The van der Waals surface area contributed by atoms with Crippen LogP contribution in [0.25, 0.3) is 11.2 Å². The Morgan fingerprint density at radius 3 is 2.37 bits per heavy atom. The normalized spacial score (nSPS) is 20.9. The summed E-state index contributed by atoms with van der Waals surface area (Å²) in [6.45, 7) is 5.68. The molecular formula is C18H25ClN8. The smallest absolute Gasteiger partial charge is 0.229 e. The van der Waals surface area contributed by atoms with Crippen LogP contribution in [0.3, 0.4) is 0 Å². The predicted molar refractivity (Wildman–Crippen MR) is 108 cm³/mol. The Labute approximate surface area is 163 Å². The number of anilines is 3. The maximum atomic E-state index is 6.47. The van der Waals surface area contributed by atoms with E-state index >= 15 is 0 Å². The molecule has 144 valence electrons. The highest BCUT2D eigenvalue weighted by atomic mass is 35.5. The first-order valence-corrected chi connectivity index (χ1v) is 10.4. The predicted octanol–water partition coefficient (Wildman–Crippen LogP) is 2.05. The van der Waals surface area contributed by atoms with Crippen molar-refractivity contribution in [1.29, 1.82) is 0 Å². The third-order valence-electron chi connectivity index (χ3n) is 5.71. The maximum Gasteiger partial charge on any atom is 0.229 e. The van der Waals surface area contributed by atoms with E-state index in [0.717, 1.165) is 63.9 Å². The summed E-state index contributed by atoms with van der Waals surface area (Å²) >= 11 is 6.47. The topological polar surface area (TPSA) is 82.1 Å². The lowest BCUT2D eigenvalue weighted by atomic mass is 9.93. The first-order valence-electron chi connectivity index (χ1n) is 10.0. The van der Waals surface area contributed by atoms with Gasteiger partial charge in [0.15, 0.2) is 28.0 Å². The number of hydrogen-bond acceptors (Lipinski definition) is 8. The Morgan fingerprint density at radius 2 is 1.67 bits per heavy atom. The fraction of sp³-hybridized carbons (Fsp3) is 0.667. The number of fused-ring (bicyclic) bond motifs is 1. The molecule has 5 rings (SSSR count). The molecule has 2 aromatic heterocycles. The molecule has 0 spiro atoms. The number of hydrogen-bond donors (Lipinski definition) is 2. The lowest BCUT2D eigenvalue weighted by Gasteiger charge is -2.29. The van der Waals surface area contributed by atoms with Crippen LogP contribution in [0.5, 0.6) is 0 Å². The van der Waals surface area contributed by atoms with Gasteiger partial charge in [0.2, 0.25) is 5.95 Å². The van der Waals surface area contributed by atoms with E-state index in [9.17, 15) is 0 Å². The van der Waals surface area contributed by atoms with E-state index in [1.807, 2.05) is 0 Å². The zero-order chi connectivity index (χ0) is 18.2. The van der Waals surface area contributed by atoms with Crippen molar-refractivity contribution in [2.75, 3.05) is 54.4 Å². The average molecular weight is 389 g/mol. The largest absolute Gasteiger partial charge is 0.365 e. The SMILES string of the molecule is Clc1nc2c(N3CCCC3)nc(N3CCNCC3)nc2nc1NC1CCC1. The maximum absolute atomic E-state index is 6.47. The summed E-state index contributed by atoms with van der Waals surface area (Å²) in [5.74, 6) is 2.26. The van der Waals surface area contributed by atoms with Gasteiger partial charge in [0.05, 0.1) is 0 Å². The number of halogens is 1. The lowest BCUT2D eigenvalue weighted by molar-refractivity contribution is 0.444. The number of nitrogens with one attached hydrogen (secondary N) is 2. The van der Waals surface area contributed by atoms with Gasteiger partial charge in [0.1, 0.15) is 0 Å². The monoisotopic (exact) mass is 388 g/mol. The summed E-state index contributed by atoms with van der Waals surface area (Å²) in [5.41, 5.74) is 1.34. The minimum Gasteiger partial charge on any atom is -0.365 e. The molecule has 3 aliphatic rings. The third kappa shape index (κ3) is 3.36. The van der Waals surface area contributed by atoms with Gasteiger partial charge in [0.25, 0.3) is 0 Å². The fourth-order valence-corrected chi connectivity index (χ4v) is 4.08. The van der Waals surface area contributed by atoms with E-state index in [1.54, 1.807) is 0 Å². The molecule has 1 saturated carbocycles. The number of piperazine rings is 1. The van der Waals surface area contributed by atoms with Crippen molar-refractivity contribution in [2.45, 2.75) is 38.1 Å². The molecule has 2 N–H and O–H groups in total. The molecule has 0 aromatic carbocycles. The highest BCUT2D eigenvalue weighted by Gasteiger charge is 2.25. The summed E-state index contributed by atoms with van der Waals surface area (Å²) in [7, 11) is 0. The van der Waals surface area contributed by atoms with Crippen LogP contribution in [0.15, 0.2) is 0 Å². The molecule has 2 aliphatic heterocycles. The third-order valence-corrected chi connectivity index (χ3v) is 5.97. The fourth-order valence-electron chi connectivity index (χ4n) is 3.89. The van der Waals surface area contributed by atoms with Crippen LogP contribution in [-0.2, 0) is 0 Å². The molecule has 0 radical (unpaired) electrons. The number of rotatable bonds is 4. The summed E-state index contributed by atoms with van der Waals surface area (Å²) in [4.78, 5) is 23.6. The Hall–Kier alpha value is -1.93. The second-order valence-electron chi connectivity index (χ2n) is 7.59. The first kappa shape index (κ1) is 17.2. The number of aromatic nitrogens is 4. The molecule has 2 saturated heterocycles. The van der Waals surface area contributed by atoms with E-state index in [4.69, 9.17) is 26.6 Å². The molecule has 0 amide bonds. The minimum atomic E-state index is 0.411. The summed E-state index contributed by atoms with van der Waals surface area (Å²) in [6.07, 6.45) is 5.92. The van der Waals surface area contributed by atoms with Gasteiger partial charge in [-0.25, -0.2) is 9.97 Å². The molecule has 0 unspecified atom stereocenters.